The maximum Gasteiger partial charge on any atom is 0.142 e. The molecule has 1 aromatic rings. The summed E-state index contributed by atoms with van der Waals surface area (Å²) in [5, 5.41) is 0. The van der Waals surface area contributed by atoms with Gasteiger partial charge in [0.15, 0.2) is 0 Å². The normalized spacial score (nSPS) is 16.0. The van der Waals surface area contributed by atoms with Crippen molar-refractivity contribution in [3.8, 4) is 5.75 Å². The number of benzene rings is 1. The highest BCUT2D eigenvalue weighted by Crippen LogP contribution is 2.31. The Bertz CT molecular complexity index is 295. The van der Waals surface area contributed by atoms with Gasteiger partial charge in [-0.05, 0) is 31.0 Å². The summed E-state index contributed by atoms with van der Waals surface area (Å²) in [6, 6.07) is 5.34. The predicted octanol–water partition coefficient (Wildman–Crippen LogP) is 1.39. The van der Waals surface area contributed by atoms with Gasteiger partial charge in [-0.3, -0.25) is 0 Å². The smallest absolute Gasteiger partial charge is 0.142 e. The van der Waals surface area contributed by atoms with Gasteiger partial charge in [-0.15, -0.1) is 0 Å². The lowest BCUT2D eigenvalue weighted by molar-refractivity contribution is 0.305. The van der Waals surface area contributed by atoms with Crippen LogP contribution in [0.5, 0.6) is 5.75 Å². The van der Waals surface area contributed by atoms with Crippen LogP contribution < -0.4 is 16.2 Å². The lowest BCUT2D eigenvalue weighted by Crippen LogP contribution is -2.00. The van der Waals surface area contributed by atoms with E-state index >= 15 is 0 Å². The van der Waals surface area contributed by atoms with E-state index in [1.807, 2.05) is 6.07 Å². The molecule has 0 aromatic heterocycles. The number of hydrogen-bond acceptors (Lipinski definition) is 3. The van der Waals surface area contributed by atoms with E-state index in [-0.39, 0.29) is 0 Å². The quantitative estimate of drug-likeness (QED) is 0.649. The standard InChI is InChI=1S/C9H12N2O/c10-6-1-4-9(8(11)5-6)12-7-2-3-7/h1,4-5,7H,2-3,10-11H2. The Labute approximate surface area is 71.3 Å². The molecule has 1 saturated carbocycles. The minimum absolute atomic E-state index is 0.385. The molecule has 0 heterocycles. The summed E-state index contributed by atoms with van der Waals surface area (Å²) in [5.74, 6) is 0.756. The monoisotopic (exact) mass is 164 g/mol. The number of nitrogens with two attached hydrogens (primary N) is 2. The largest absolute Gasteiger partial charge is 0.488 e. The molecule has 64 valence electrons. The van der Waals surface area contributed by atoms with Crippen LogP contribution in [0.15, 0.2) is 18.2 Å². The third kappa shape index (κ3) is 1.44. The zero-order valence-electron chi connectivity index (χ0n) is 6.79. The van der Waals surface area contributed by atoms with Crippen LogP contribution in [0.25, 0.3) is 0 Å². The Kier molecular flexibility index (Phi) is 1.57. The Morgan fingerprint density at radius 1 is 1.25 bits per heavy atom. The van der Waals surface area contributed by atoms with Crippen LogP contribution in [-0.4, -0.2) is 6.10 Å². The molecule has 0 aliphatic heterocycles. The fraction of sp³-hybridized carbons (Fsp3) is 0.333. The van der Waals surface area contributed by atoms with E-state index in [0.29, 0.717) is 17.5 Å². The van der Waals surface area contributed by atoms with Gasteiger partial charge in [-0.25, -0.2) is 0 Å². The lowest BCUT2D eigenvalue weighted by Gasteiger charge is -2.07. The van der Waals surface area contributed by atoms with E-state index in [0.717, 1.165) is 18.6 Å². The summed E-state index contributed by atoms with van der Waals surface area (Å²) in [6.07, 6.45) is 2.67. The van der Waals surface area contributed by atoms with Gasteiger partial charge in [-0.1, -0.05) is 0 Å². The van der Waals surface area contributed by atoms with Crippen molar-refractivity contribution in [1.82, 2.24) is 0 Å². The van der Waals surface area contributed by atoms with Crippen molar-refractivity contribution in [2.45, 2.75) is 18.9 Å². The van der Waals surface area contributed by atoms with Gasteiger partial charge in [0.1, 0.15) is 5.75 Å². The number of rotatable bonds is 2. The molecule has 1 aliphatic carbocycles. The molecule has 2 rings (SSSR count). The highest BCUT2D eigenvalue weighted by atomic mass is 16.5. The number of hydrogen-bond donors (Lipinski definition) is 2. The zero-order valence-corrected chi connectivity index (χ0v) is 6.79. The molecule has 3 heteroatoms. The Hall–Kier alpha value is -1.38. The molecule has 0 atom stereocenters. The van der Waals surface area contributed by atoms with E-state index in [9.17, 15) is 0 Å². The van der Waals surface area contributed by atoms with Crippen molar-refractivity contribution >= 4 is 11.4 Å². The second kappa shape index (κ2) is 2.59. The highest BCUT2D eigenvalue weighted by molar-refractivity contribution is 5.60. The minimum atomic E-state index is 0.385. The van der Waals surface area contributed by atoms with Crippen molar-refractivity contribution in [1.29, 1.82) is 0 Å². The minimum Gasteiger partial charge on any atom is -0.488 e. The summed E-state index contributed by atoms with van der Waals surface area (Å²) in [5.41, 5.74) is 12.5. The number of ether oxygens (including phenoxy) is 1. The van der Waals surface area contributed by atoms with Gasteiger partial charge in [0.2, 0.25) is 0 Å². The molecular formula is C9H12N2O. The summed E-state index contributed by atoms with van der Waals surface area (Å²) in [7, 11) is 0. The first kappa shape index (κ1) is 7.28. The highest BCUT2D eigenvalue weighted by Gasteiger charge is 2.24. The Balaban J connectivity index is 2.18. The van der Waals surface area contributed by atoms with E-state index in [1.54, 1.807) is 12.1 Å². The van der Waals surface area contributed by atoms with Crippen molar-refractivity contribution in [3.63, 3.8) is 0 Å². The second-order valence-electron chi connectivity index (χ2n) is 3.11. The van der Waals surface area contributed by atoms with E-state index < -0.39 is 0 Å². The van der Waals surface area contributed by atoms with Crippen molar-refractivity contribution < 1.29 is 4.74 Å². The molecule has 12 heavy (non-hydrogen) atoms. The number of anilines is 2. The average Bonchev–Trinajstić information content (AvgIpc) is 2.79. The van der Waals surface area contributed by atoms with Gasteiger partial charge < -0.3 is 16.2 Å². The van der Waals surface area contributed by atoms with Gasteiger partial charge in [0.25, 0.3) is 0 Å². The molecule has 0 spiro atoms. The summed E-state index contributed by atoms with van der Waals surface area (Å²) >= 11 is 0. The summed E-state index contributed by atoms with van der Waals surface area (Å²) < 4.78 is 5.53. The molecule has 0 unspecified atom stereocenters. The van der Waals surface area contributed by atoms with Crippen molar-refractivity contribution in [2.24, 2.45) is 0 Å². The van der Waals surface area contributed by atoms with Gasteiger partial charge in [0.05, 0.1) is 11.8 Å². The lowest BCUT2D eigenvalue weighted by atomic mass is 10.2. The van der Waals surface area contributed by atoms with Crippen LogP contribution in [0.1, 0.15) is 12.8 Å². The molecule has 1 fully saturated rings. The molecule has 4 N–H and O–H groups in total. The van der Waals surface area contributed by atoms with Crippen LogP contribution in [0.2, 0.25) is 0 Å². The molecule has 3 nitrogen and oxygen atoms in total. The van der Waals surface area contributed by atoms with Crippen LogP contribution in [-0.2, 0) is 0 Å². The van der Waals surface area contributed by atoms with Crippen LogP contribution >= 0.6 is 0 Å². The van der Waals surface area contributed by atoms with E-state index in [1.165, 1.54) is 0 Å². The first-order chi connectivity index (χ1) is 5.75. The molecular weight excluding hydrogens is 152 g/mol. The van der Waals surface area contributed by atoms with Crippen LogP contribution in [0.4, 0.5) is 11.4 Å². The van der Waals surface area contributed by atoms with Crippen LogP contribution in [0.3, 0.4) is 0 Å². The second-order valence-corrected chi connectivity index (χ2v) is 3.11. The number of nitrogen functional groups attached to an aromatic ring is 2. The van der Waals surface area contributed by atoms with Crippen LogP contribution in [0, 0.1) is 0 Å². The molecule has 1 aromatic carbocycles. The average molecular weight is 164 g/mol. The first-order valence-corrected chi connectivity index (χ1v) is 4.07. The molecule has 0 saturated heterocycles. The summed E-state index contributed by atoms with van der Waals surface area (Å²) in [6.45, 7) is 0. The topological polar surface area (TPSA) is 61.3 Å². The zero-order chi connectivity index (χ0) is 8.55. The maximum atomic E-state index is 5.69. The Morgan fingerprint density at radius 3 is 2.58 bits per heavy atom. The van der Waals surface area contributed by atoms with Gasteiger partial charge in [-0.2, -0.15) is 0 Å². The van der Waals surface area contributed by atoms with Crippen molar-refractivity contribution in [2.75, 3.05) is 11.5 Å². The maximum absolute atomic E-state index is 5.69. The fourth-order valence-corrected chi connectivity index (χ4v) is 1.04. The van der Waals surface area contributed by atoms with Gasteiger partial charge >= 0.3 is 0 Å². The molecule has 1 aliphatic rings. The van der Waals surface area contributed by atoms with E-state index in [4.69, 9.17) is 16.2 Å². The SMILES string of the molecule is Nc1ccc(OC2CC2)c(N)c1. The van der Waals surface area contributed by atoms with E-state index in [2.05, 4.69) is 0 Å². The van der Waals surface area contributed by atoms with Crippen molar-refractivity contribution in [3.05, 3.63) is 18.2 Å². The Morgan fingerprint density at radius 2 is 2.00 bits per heavy atom. The third-order valence-corrected chi connectivity index (χ3v) is 1.85. The molecule has 0 amide bonds. The third-order valence-electron chi connectivity index (χ3n) is 1.85. The molecule has 0 radical (unpaired) electrons. The van der Waals surface area contributed by atoms with Gasteiger partial charge in [0, 0.05) is 5.69 Å². The molecule has 0 bridgehead atoms. The predicted molar refractivity (Wildman–Crippen MR) is 48.9 cm³/mol. The first-order valence-electron chi connectivity index (χ1n) is 4.07. The summed E-state index contributed by atoms with van der Waals surface area (Å²) in [4.78, 5) is 0. The fourth-order valence-electron chi connectivity index (χ4n) is 1.04.